The van der Waals surface area contributed by atoms with Gasteiger partial charge in [-0.05, 0) is 36.6 Å². The third-order valence-corrected chi connectivity index (χ3v) is 5.66. The molecule has 0 bridgehead atoms. The first-order chi connectivity index (χ1) is 14.1. The molecule has 7 heteroatoms. The summed E-state index contributed by atoms with van der Waals surface area (Å²) in [6.45, 7) is 3.30. The van der Waals surface area contributed by atoms with Crippen LogP contribution in [0.5, 0.6) is 0 Å². The normalized spacial score (nSPS) is 12.6. The Kier molecular flexibility index (Phi) is 7.21. The van der Waals surface area contributed by atoms with Crippen LogP contribution in [0.15, 0.2) is 59.6 Å². The van der Waals surface area contributed by atoms with Crippen molar-refractivity contribution in [3.63, 3.8) is 0 Å². The summed E-state index contributed by atoms with van der Waals surface area (Å²) in [4.78, 5) is 17.2. The molecule has 0 fully saturated rings. The van der Waals surface area contributed by atoms with Crippen molar-refractivity contribution in [2.24, 2.45) is 4.99 Å². The third kappa shape index (κ3) is 5.79. The molecule has 6 nitrogen and oxygen atoms in total. The summed E-state index contributed by atoms with van der Waals surface area (Å²) in [6, 6.07) is 17.6. The van der Waals surface area contributed by atoms with E-state index in [9.17, 15) is 9.90 Å². The molecule has 2 aromatic carbocycles. The summed E-state index contributed by atoms with van der Waals surface area (Å²) in [5, 5.41) is 20.7. The van der Waals surface area contributed by atoms with Crippen LogP contribution in [0.3, 0.4) is 0 Å². The van der Waals surface area contributed by atoms with Crippen LogP contribution in [0.2, 0.25) is 0 Å². The second-order valence-electron chi connectivity index (χ2n) is 6.71. The van der Waals surface area contributed by atoms with Crippen molar-refractivity contribution in [2.75, 3.05) is 26.7 Å². The van der Waals surface area contributed by atoms with E-state index in [1.165, 1.54) is 0 Å². The molecule has 152 valence electrons. The lowest BCUT2D eigenvalue weighted by molar-refractivity contribution is 0.0954. The highest BCUT2D eigenvalue weighted by Crippen LogP contribution is 2.29. The number of aliphatic imine (C=N–C) groups is 1. The first kappa shape index (κ1) is 20.8. The second-order valence-corrected chi connectivity index (χ2v) is 7.82. The molecule has 3 aromatic rings. The Morgan fingerprint density at radius 2 is 1.86 bits per heavy atom. The Labute approximate surface area is 174 Å². The van der Waals surface area contributed by atoms with Crippen molar-refractivity contribution >= 4 is 33.3 Å². The minimum atomic E-state index is -0.619. The first-order valence-electron chi connectivity index (χ1n) is 9.53. The Morgan fingerprint density at radius 1 is 1.07 bits per heavy atom. The van der Waals surface area contributed by atoms with Crippen LogP contribution >= 0.6 is 11.3 Å². The highest BCUT2D eigenvalue weighted by Gasteiger charge is 2.12. The van der Waals surface area contributed by atoms with E-state index in [4.69, 9.17) is 0 Å². The summed E-state index contributed by atoms with van der Waals surface area (Å²) in [5.41, 5.74) is 1.71. The number of aliphatic hydroxyl groups is 1. The number of benzene rings is 2. The second kappa shape index (κ2) is 10.0. The number of nitrogens with one attached hydrogen (secondary N) is 3. The molecule has 3 rings (SSSR count). The molecule has 0 aliphatic heterocycles. The number of guanidine groups is 1. The monoisotopic (exact) mass is 410 g/mol. The smallest absolute Gasteiger partial charge is 0.251 e. The average molecular weight is 411 g/mol. The molecular formula is C22H26N4O2S. The average Bonchev–Trinajstić information content (AvgIpc) is 3.17. The number of hydrogen-bond donors (Lipinski definition) is 4. The Hall–Kier alpha value is -2.90. The van der Waals surface area contributed by atoms with Crippen LogP contribution < -0.4 is 16.0 Å². The van der Waals surface area contributed by atoms with Gasteiger partial charge in [0.15, 0.2) is 5.96 Å². The summed E-state index contributed by atoms with van der Waals surface area (Å²) in [6.07, 6.45) is -0.619. The number of nitrogens with zero attached hydrogens (tertiary/aromatic N) is 1. The SMILES string of the molecule is CN=C(NCCNC(=O)c1cccc(C)c1)NCC(O)c1cc2ccccc2s1. The molecule has 0 spiro atoms. The number of carbonyl (C=O) groups is 1. The highest BCUT2D eigenvalue weighted by atomic mass is 32.1. The van der Waals surface area contributed by atoms with Gasteiger partial charge in [0.1, 0.15) is 6.10 Å². The Bertz CT molecular complexity index is 966. The molecule has 0 saturated carbocycles. The minimum Gasteiger partial charge on any atom is -0.386 e. The van der Waals surface area contributed by atoms with Crippen LogP contribution in [0.4, 0.5) is 0 Å². The van der Waals surface area contributed by atoms with E-state index in [1.54, 1.807) is 24.5 Å². The molecule has 4 N–H and O–H groups in total. The highest BCUT2D eigenvalue weighted by molar-refractivity contribution is 7.19. The molecule has 0 saturated heterocycles. The zero-order chi connectivity index (χ0) is 20.6. The van der Waals surface area contributed by atoms with E-state index in [0.29, 0.717) is 31.2 Å². The number of rotatable bonds is 7. The molecule has 1 heterocycles. The molecule has 0 radical (unpaired) electrons. The molecule has 0 aliphatic rings. The summed E-state index contributed by atoms with van der Waals surface area (Å²) in [7, 11) is 1.67. The van der Waals surface area contributed by atoms with E-state index < -0.39 is 6.10 Å². The molecule has 1 atom stereocenters. The minimum absolute atomic E-state index is 0.0985. The quantitative estimate of drug-likeness (QED) is 0.274. The fraction of sp³-hybridized carbons (Fsp3) is 0.273. The number of aryl methyl sites for hydroxylation is 1. The maximum absolute atomic E-state index is 12.1. The van der Waals surface area contributed by atoms with Gasteiger partial charge in [-0.15, -0.1) is 11.3 Å². The number of hydrogen-bond acceptors (Lipinski definition) is 4. The van der Waals surface area contributed by atoms with Crippen LogP contribution in [-0.4, -0.2) is 43.7 Å². The molecule has 1 amide bonds. The van der Waals surface area contributed by atoms with Crippen molar-refractivity contribution in [3.8, 4) is 0 Å². The number of aliphatic hydroxyl groups excluding tert-OH is 1. The molecule has 29 heavy (non-hydrogen) atoms. The van der Waals surface area contributed by atoms with Gasteiger partial charge in [-0.25, -0.2) is 0 Å². The van der Waals surface area contributed by atoms with Crippen LogP contribution in [0, 0.1) is 6.92 Å². The van der Waals surface area contributed by atoms with Crippen LogP contribution in [-0.2, 0) is 0 Å². The van der Waals surface area contributed by atoms with Gasteiger partial charge in [-0.2, -0.15) is 0 Å². The Morgan fingerprint density at radius 3 is 2.62 bits per heavy atom. The third-order valence-electron chi connectivity index (χ3n) is 4.44. The summed E-state index contributed by atoms with van der Waals surface area (Å²) in [5.74, 6) is 0.480. The largest absolute Gasteiger partial charge is 0.386 e. The van der Waals surface area contributed by atoms with Crippen molar-refractivity contribution in [1.29, 1.82) is 0 Å². The van der Waals surface area contributed by atoms with E-state index >= 15 is 0 Å². The van der Waals surface area contributed by atoms with Gasteiger partial charge < -0.3 is 21.1 Å². The molecule has 0 aliphatic carbocycles. The van der Waals surface area contributed by atoms with E-state index in [1.807, 2.05) is 49.4 Å². The van der Waals surface area contributed by atoms with Crippen LogP contribution in [0.25, 0.3) is 10.1 Å². The zero-order valence-electron chi connectivity index (χ0n) is 16.6. The van der Waals surface area contributed by atoms with E-state index in [2.05, 4.69) is 27.0 Å². The molecular weight excluding hydrogens is 384 g/mol. The molecule has 1 aromatic heterocycles. The van der Waals surface area contributed by atoms with Crippen molar-refractivity contribution in [3.05, 3.63) is 70.6 Å². The Balaban J connectivity index is 1.41. The standard InChI is InChI=1S/C22H26N4O2S/c1-15-6-5-8-17(12-15)21(28)24-10-11-25-22(23-2)26-14-18(27)20-13-16-7-3-4-9-19(16)29-20/h3-9,12-13,18,27H,10-11,14H2,1-2H3,(H,24,28)(H2,23,25,26). The topological polar surface area (TPSA) is 85.8 Å². The maximum Gasteiger partial charge on any atom is 0.251 e. The van der Waals surface area contributed by atoms with Gasteiger partial charge in [0.05, 0.1) is 0 Å². The van der Waals surface area contributed by atoms with Crippen molar-refractivity contribution < 1.29 is 9.90 Å². The van der Waals surface area contributed by atoms with Crippen molar-refractivity contribution in [2.45, 2.75) is 13.0 Å². The van der Waals surface area contributed by atoms with Crippen LogP contribution in [0.1, 0.15) is 26.9 Å². The van der Waals surface area contributed by atoms with Gasteiger partial charge in [-0.3, -0.25) is 9.79 Å². The first-order valence-corrected chi connectivity index (χ1v) is 10.3. The summed E-state index contributed by atoms with van der Waals surface area (Å²) < 4.78 is 1.16. The number of thiophene rings is 1. The molecule has 1 unspecified atom stereocenters. The van der Waals surface area contributed by atoms with Gasteiger partial charge in [0.2, 0.25) is 0 Å². The van der Waals surface area contributed by atoms with Gasteiger partial charge in [0.25, 0.3) is 5.91 Å². The maximum atomic E-state index is 12.1. The fourth-order valence-corrected chi connectivity index (χ4v) is 3.98. The predicted octanol–water partition coefficient (Wildman–Crippen LogP) is 2.84. The lowest BCUT2D eigenvalue weighted by atomic mass is 10.1. The van der Waals surface area contributed by atoms with Gasteiger partial charge >= 0.3 is 0 Å². The lowest BCUT2D eigenvalue weighted by Crippen LogP contribution is -2.42. The number of fused-ring (bicyclic) bond motifs is 1. The van der Waals surface area contributed by atoms with E-state index in [-0.39, 0.29) is 5.91 Å². The van der Waals surface area contributed by atoms with Gasteiger partial charge in [-0.1, -0.05) is 35.9 Å². The van der Waals surface area contributed by atoms with E-state index in [0.717, 1.165) is 20.5 Å². The zero-order valence-corrected chi connectivity index (χ0v) is 17.4. The van der Waals surface area contributed by atoms with Gasteiger partial charge in [0, 0.05) is 41.8 Å². The number of carbonyl (C=O) groups excluding carboxylic acids is 1. The number of amides is 1. The fourth-order valence-electron chi connectivity index (χ4n) is 2.93. The predicted molar refractivity (Wildman–Crippen MR) is 120 cm³/mol. The summed E-state index contributed by atoms with van der Waals surface area (Å²) >= 11 is 1.59. The van der Waals surface area contributed by atoms with Crippen molar-refractivity contribution in [1.82, 2.24) is 16.0 Å². The lowest BCUT2D eigenvalue weighted by Gasteiger charge is -2.15.